The van der Waals surface area contributed by atoms with E-state index in [9.17, 15) is 40.7 Å². The molecule has 10 heteroatoms. The molecule has 0 aromatic heterocycles. The zero-order valence-electron chi connectivity index (χ0n) is 11.7. The van der Waals surface area contributed by atoms with E-state index < -0.39 is 23.9 Å². The molecule has 0 radical (unpaired) electrons. The average Bonchev–Trinajstić information content (AvgIpc) is 2.24. The minimum atomic E-state index is -5.77. The number of alkyl halides is 6. The maximum Gasteiger partial charge on any atom is 0.458 e. The number of halogens is 6. The molecule has 0 bridgehead atoms. The maximum absolute atomic E-state index is 11.2. The fourth-order valence-corrected chi connectivity index (χ4v) is 0.683. The standard InChI is InChI=1S/C7H15NO.C4F6O2/c1-5-8-6(9)7(2,3)4;5-3(6,7)1(11)2(12)4(8,9)10/h5H2,1-4H3,(H,8,9);. The minimum absolute atomic E-state index is 0.116. The summed E-state index contributed by atoms with van der Waals surface area (Å²) in [5.41, 5.74) is -0.240. The van der Waals surface area contributed by atoms with Crippen LogP contribution in [0.2, 0.25) is 0 Å². The van der Waals surface area contributed by atoms with Gasteiger partial charge in [-0.05, 0) is 6.92 Å². The Bertz CT molecular complexity index is 368. The molecule has 0 aliphatic rings. The largest absolute Gasteiger partial charge is 0.458 e. The number of nitrogens with one attached hydrogen (secondary N) is 1. The van der Waals surface area contributed by atoms with Crippen molar-refractivity contribution in [1.82, 2.24) is 5.32 Å². The molecule has 0 rings (SSSR count). The van der Waals surface area contributed by atoms with Crippen LogP contribution in [-0.4, -0.2) is 36.4 Å². The van der Waals surface area contributed by atoms with Crippen molar-refractivity contribution in [2.45, 2.75) is 40.0 Å². The molecule has 0 spiro atoms. The van der Waals surface area contributed by atoms with Crippen molar-refractivity contribution in [1.29, 1.82) is 0 Å². The van der Waals surface area contributed by atoms with E-state index in [0.29, 0.717) is 0 Å². The molecule has 0 aromatic carbocycles. The highest BCUT2D eigenvalue weighted by molar-refractivity contribution is 6.41. The van der Waals surface area contributed by atoms with E-state index in [1.807, 2.05) is 27.7 Å². The maximum atomic E-state index is 11.2. The summed E-state index contributed by atoms with van der Waals surface area (Å²) in [6, 6.07) is 0. The Hall–Kier alpha value is -1.61. The van der Waals surface area contributed by atoms with Crippen LogP contribution in [0.25, 0.3) is 0 Å². The second-order valence-corrected chi connectivity index (χ2v) is 4.76. The molecule has 0 saturated heterocycles. The van der Waals surface area contributed by atoms with E-state index in [4.69, 9.17) is 0 Å². The Balaban J connectivity index is 0. The van der Waals surface area contributed by atoms with Crippen molar-refractivity contribution in [3.63, 3.8) is 0 Å². The van der Waals surface area contributed by atoms with E-state index in [1.54, 1.807) is 0 Å². The number of hydrogen-bond donors (Lipinski definition) is 1. The van der Waals surface area contributed by atoms with Crippen LogP contribution in [0, 0.1) is 5.41 Å². The highest BCUT2D eigenvalue weighted by Gasteiger charge is 2.54. The lowest BCUT2D eigenvalue weighted by atomic mass is 9.96. The van der Waals surface area contributed by atoms with Gasteiger partial charge in [0.2, 0.25) is 5.91 Å². The van der Waals surface area contributed by atoms with Gasteiger partial charge in [-0.1, -0.05) is 20.8 Å². The van der Waals surface area contributed by atoms with Gasteiger partial charge in [-0.2, -0.15) is 26.3 Å². The number of ketones is 2. The smallest absolute Gasteiger partial charge is 0.356 e. The van der Waals surface area contributed by atoms with Crippen LogP contribution < -0.4 is 5.32 Å². The number of rotatable bonds is 2. The van der Waals surface area contributed by atoms with Crippen LogP contribution in [0.4, 0.5) is 26.3 Å². The van der Waals surface area contributed by atoms with Gasteiger partial charge in [-0.15, -0.1) is 0 Å². The zero-order chi connectivity index (χ0) is 17.6. The molecule has 0 saturated carbocycles. The number of amides is 1. The molecule has 1 N–H and O–H groups in total. The monoisotopic (exact) mass is 323 g/mol. The minimum Gasteiger partial charge on any atom is -0.356 e. The Labute approximate surface area is 116 Å². The molecular formula is C11H15F6NO3. The number of hydrogen-bond acceptors (Lipinski definition) is 3. The third-order valence-electron chi connectivity index (χ3n) is 1.74. The van der Waals surface area contributed by atoms with Crippen molar-refractivity contribution >= 4 is 17.5 Å². The van der Waals surface area contributed by atoms with Crippen molar-refractivity contribution in [2.24, 2.45) is 5.41 Å². The van der Waals surface area contributed by atoms with Gasteiger partial charge in [-0.25, -0.2) is 0 Å². The molecule has 21 heavy (non-hydrogen) atoms. The molecule has 0 aromatic rings. The van der Waals surface area contributed by atoms with Gasteiger partial charge in [0.25, 0.3) is 0 Å². The lowest BCUT2D eigenvalue weighted by molar-refractivity contribution is -0.193. The topological polar surface area (TPSA) is 63.2 Å². The van der Waals surface area contributed by atoms with Crippen molar-refractivity contribution in [3.8, 4) is 0 Å². The lowest BCUT2D eigenvalue weighted by Crippen LogP contribution is -2.39. The van der Waals surface area contributed by atoms with E-state index in [-0.39, 0.29) is 11.3 Å². The van der Waals surface area contributed by atoms with E-state index in [1.165, 1.54) is 0 Å². The molecule has 4 nitrogen and oxygen atoms in total. The molecule has 0 fully saturated rings. The fourth-order valence-electron chi connectivity index (χ4n) is 0.683. The summed E-state index contributed by atoms with van der Waals surface area (Å²) >= 11 is 0. The second-order valence-electron chi connectivity index (χ2n) is 4.76. The second kappa shape index (κ2) is 7.41. The predicted octanol–water partition coefficient (Wildman–Crippen LogP) is 2.42. The zero-order valence-corrected chi connectivity index (χ0v) is 11.7. The molecule has 124 valence electrons. The van der Waals surface area contributed by atoms with Gasteiger partial charge in [0, 0.05) is 12.0 Å². The molecule has 0 unspecified atom stereocenters. The summed E-state index contributed by atoms with van der Waals surface area (Å²) < 4.78 is 67.0. The molecule has 0 aliphatic heterocycles. The highest BCUT2D eigenvalue weighted by atomic mass is 19.4. The highest BCUT2D eigenvalue weighted by Crippen LogP contribution is 2.23. The Morgan fingerprint density at radius 3 is 1.19 bits per heavy atom. The Morgan fingerprint density at radius 2 is 1.10 bits per heavy atom. The van der Waals surface area contributed by atoms with Gasteiger partial charge >= 0.3 is 23.9 Å². The molecular weight excluding hydrogens is 308 g/mol. The van der Waals surface area contributed by atoms with E-state index in [0.717, 1.165) is 6.54 Å². The number of Topliss-reactive ketones (excluding diaryl/α,β-unsaturated/α-hetero) is 2. The average molecular weight is 323 g/mol. The van der Waals surface area contributed by atoms with Gasteiger partial charge in [0.1, 0.15) is 0 Å². The van der Waals surface area contributed by atoms with Crippen LogP contribution in [0.5, 0.6) is 0 Å². The molecule has 0 aliphatic carbocycles. The van der Waals surface area contributed by atoms with Crippen molar-refractivity contribution in [2.75, 3.05) is 6.54 Å². The van der Waals surface area contributed by atoms with Crippen molar-refractivity contribution < 1.29 is 40.7 Å². The third-order valence-corrected chi connectivity index (χ3v) is 1.74. The quantitative estimate of drug-likeness (QED) is 0.627. The first kappa shape index (κ1) is 21.7. The third kappa shape index (κ3) is 9.03. The molecule has 1 amide bonds. The Kier molecular flexibility index (Phi) is 7.65. The molecule has 0 heterocycles. The summed E-state index contributed by atoms with van der Waals surface area (Å²) in [7, 11) is 0. The molecule has 0 atom stereocenters. The van der Waals surface area contributed by atoms with Gasteiger partial charge in [-0.3, -0.25) is 14.4 Å². The summed E-state index contributed by atoms with van der Waals surface area (Å²) in [6.07, 6.45) is -11.5. The van der Waals surface area contributed by atoms with E-state index in [2.05, 4.69) is 5.32 Å². The van der Waals surface area contributed by atoms with Gasteiger partial charge in [0.05, 0.1) is 0 Å². The van der Waals surface area contributed by atoms with Crippen LogP contribution in [-0.2, 0) is 14.4 Å². The van der Waals surface area contributed by atoms with Crippen LogP contribution >= 0.6 is 0 Å². The van der Waals surface area contributed by atoms with Crippen LogP contribution in [0.15, 0.2) is 0 Å². The SMILES string of the molecule is CCNC(=O)C(C)(C)C.O=C(C(=O)C(F)(F)F)C(F)(F)F. The van der Waals surface area contributed by atoms with Gasteiger partial charge in [0.15, 0.2) is 0 Å². The number of carbonyl (C=O) groups excluding carboxylic acids is 3. The normalized spacial score (nSPS) is 12.1. The predicted molar refractivity (Wildman–Crippen MR) is 60.3 cm³/mol. The summed E-state index contributed by atoms with van der Waals surface area (Å²) in [6.45, 7) is 8.34. The first-order valence-corrected chi connectivity index (χ1v) is 5.56. The van der Waals surface area contributed by atoms with Crippen LogP contribution in [0.3, 0.4) is 0 Å². The summed E-state index contributed by atoms with van der Waals surface area (Å²) in [5.74, 6) is -6.70. The van der Waals surface area contributed by atoms with Crippen molar-refractivity contribution in [3.05, 3.63) is 0 Å². The number of carbonyl (C=O) groups is 3. The lowest BCUT2D eigenvalue weighted by Gasteiger charge is -2.16. The summed E-state index contributed by atoms with van der Waals surface area (Å²) in [4.78, 5) is 30.2. The first-order valence-electron chi connectivity index (χ1n) is 5.56. The Morgan fingerprint density at radius 1 is 0.810 bits per heavy atom. The first-order chi connectivity index (χ1) is 9.05. The fraction of sp³-hybridized carbons (Fsp3) is 0.727. The van der Waals surface area contributed by atoms with Gasteiger partial charge < -0.3 is 5.32 Å². The van der Waals surface area contributed by atoms with E-state index >= 15 is 0 Å². The van der Waals surface area contributed by atoms with Crippen LogP contribution in [0.1, 0.15) is 27.7 Å². The summed E-state index contributed by atoms with van der Waals surface area (Å²) in [5, 5.41) is 2.75.